The number of benzene rings is 3. The van der Waals surface area contributed by atoms with Crippen molar-refractivity contribution < 1.29 is 4.43 Å². The normalized spacial score (nSPS) is 12.3. The van der Waals surface area contributed by atoms with Gasteiger partial charge in [0.2, 0.25) is 9.04 Å². The van der Waals surface area contributed by atoms with E-state index in [4.69, 9.17) is 4.43 Å². The molecule has 0 N–H and O–H groups in total. The third-order valence-corrected chi connectivity index (χ3v) is 6.63. The number of rotatable bonds is 6. The van der Waals surface area contributed by atoms with E-state index in [2.05, 4.69) is 97.9 Å². The Morgan fingerprint density at radius 2 is 1.13 bits per heavy atom. The van der Waals surface area contributed by atoms with Gasteiger partial charge in [-0.25, -0.2) is 0 Å². The summed E-state index contributed by atoms with van der Waals surface area (Å²) in [6, 6.07) is 31.9. The minimum atomic E-state index is -1.70. The van der Waals surface area contributed by atoms with Crippen molar-refractivity contribution in [1.29, 1.82) is 0 Å². The van der Waals surface area contributed by atoms with Crippen LogP contribution in [0.25, 0.3) is 0 Å². The van der Waals surface area contributed by atoms with E-state index in [0.29, 0.717) is 0 Å². The second-order valence-corrected chi connectivity index (χ2v) is 8.01. The molecule has 0 saturated heterocycles. The van der Waals surface area contributed by atoms with Crippen molar-refractivity contribution in [1.82, 2.24) is 0 Å². The molecule has 0 aliphatic carbocycles. The smallest absolute Gasteiger partial charge is 0.240 e. The molecule has 0 aromatic heterocycles. The van der Waals surface area contributed by atoms with E-state index in [1.807, 2.05) is 0 Å². The predicted octanol–water partition coefficient (Wildman–Crippen LogP) is 3.69. The summed E-state index contributed by atoms with van der Waals surface area (Å²) in [4.78, 5) is 0. The Morgan fingerprint density at radius 3 is 1.57 bits per heavy atom. The average Bonchev–Trinajstić information content (AvgIpc) is 2.65. The first-order valence-corrected chi connectivity index (χ1v) is 9.81. The quantitative estimate of drug-likeness (QED) is 0.630. The first-order chi connectivity index (χ1) is 11.4. The summed E-state index contributed by atoms with van der Waals surface area (Å²) in [6.45, 7) is 2.19. The Bertz CT molecular complexity index is 658. The molecule has 1 atom stereocenters. The summed E-state index contributed by atoms with van der Waals surface area (Å²) in [6.07, 6.45) is 1.13. The molecular formula is C21H22OSi. The standard InChI is InChI=1S/C21H22OSi/c1-2-21(18-12-6-3-7-13-18)22-23(19-14-8-4-9-15-19)20-16-10-5-11-17-20/h3-17,21,23H,2H2,1H3. The van der Waals surface area contributed by atoms with Crippen LogP contribution < -0.4 is 10.4 Å². The summed E-state index contributed by atoms with van der Waals surface area (Å²) in [5.41, 5.74) is 1.26. The summed E-state index contributed by atoms with van der Waals surface area (Å²) >= 11 is 0. The molecule has 0 aliphatic rings. The molecule has 0 heterocycles. The highest BCUT2D eigenvalue weighted by molar-refractivity contribution is 6.80. The largest absolute Gasteiger partial charge is 0.404 e. The lowest BCUT2D eigenvalue weighted by atomic mass is 10.1. The van der Waals surface area contributed by atoms with Crippen molar-refractivity contribution in [3.05, 3.63) is 96.6 Å². The summed E-state index contributed by atoms with van der Waals surface area (Å²) in [5.74, 6) is 0. The molecule has 0 radical (unpaired) electrons. The van der Waals surface area contributed by atoms with Gasteiger partial charge in [0.05, 0.1) is 6.10 Å². The molecule has 3 rings (SSSR count). The van der Waals surface area contributed by atoms with Gasteiger partial charge in [-0.1, -0.05) is 97.9 Å². The Labute approximate surface area is 140 Å². The average molecular weight is 318 g/mol. The molecule has 116 valence electrons. The van der Waals surface area contributed by atoms with Crippen molar-refractivity contribution in [2.75, 3.05) is 0 Å². The fraction of sp³-hybridized carbons (Fsp3) is 0.143. The monoisotopic (exact) mass is 318 g/mol. The second kappa shape index (κ2) is 7.91. The van der Waals surface area contributed by atoms with E-state index in [1.165, 1.54) is 15.9 Å². The molecule has 1 unspecified atom stereocenters. The van der Waals surface area contributed by atoms with Gasteiger partial charge >= 0.3 is 0 Å². The number of hydrogen-bond acceptors (Lipinski definition) is 1. The zero-order chi connectivity index (χ0) is 15.9. The Morgan fingerprint density at radius 1 is 0.696 bits per heavy atom. The van der Waals surface area contributed by atoms with Crippen LogP contribution in [-0.2, 0) is 4.43 Å². The lowest BCUT2D eigenvalue weighted by Crippen LogP contribution is -2.45. The fourth-order valence-corrected chi connectivity index (χ4v) is 5.37. The van der Waals surface area contributed by atoms with Gasteiger partial charge in [0, 0.05) is 0 Å². The molecule has 2 heteroatoms. The summed E-state index contributed by atoms with van der Waals surface area (Å²) in [7, 11) is -1.70. The predicted molar refractivity (Wildman–Crippen MR) is 99.9 cm³/mol. The van der Waals surface area contributed by atoms with Crippen LogP contribution in [0.1, 0.15) is 25.0 Å². The van der Waals surface area contributed by atoms with Crippen LogP contribution in [0.4, 0.5) is 0 Å². The Hall–Kier alpha value is -2.16. The van der Waals surface area contributed by atoms with Gasteiger partial charge in [0.25, 0.3) is 0 Å². The molecule has 0 bridgehead atoms. The van der Waals surface area contributed by atoms with E-state index in [0.717, 1.165) is 6.42 Å². The summed E-state index contributed by atoms with van der Waals surface area (Å²) < 4.78 is 6.70. The van der Waals surface area contributed by atoms with Crippen LogP contribution >= 0.6 is 0 Å². The Balaban J connectivity index is 1.93. The van der Waals surface area contributed by atoms with Crippen molar-refractivity contribution >= 4 is 19.4 Å². The molecule has 0 fully saturated rings. The summed E-state index contributed by atoms with van der Waals surface area (Å²) in [5, 5.41) is 2.65. The van der Waals surface area contributed by atoms with E-state index < -0.39 is 9.04 Å². The zero-order valence-electron chi connectivity index (χ0n) is 13.4. The van der Waals surface area contributed by atoms with E-state index in [9.17, 15) is 0 Å². The lowest BCUT2D eigenvalue weighted by molar-refractivity contribution is 0.210. The van der Waals surface area contributed by atoms with Gasteiger partial charge in [0.15, 0.2) is 0 Å². The first kappa shape index (κ1) is 15.7. The van der Waals surface area contributed by atoms with Crippen LogP contribution in [0.5, 0.6) is 0 Å². The molecule has 0 amide bonds. The molecule has 3 aromatic rings. The highest BCUT2D eigenvalue weighted by Gasteiger charge is 2.22. The van der Waals surface area contributed by atoms with Crippen LogP contribution in [0, 0.1) is 0 Å². The van der Waals surface area contributed by atoms with E-state index >= 15 is 0 Å². The Kier molecular flexibility index (Phi) is 5.40. The van der Waals surface area contributed by atoms with Crippen molar-refractivity contribution in [3.63, 3.8) is 0 Å². The van der Waals surface area contributed by atoms with Crippen LogP contribution in [0.15, 0.2) is 91.0 Å². The van der Waals surface area contributed by atoms with Crippen LogP contribution in [0.2, 0.25) is 0 Å². The maximum atomic E-state index is 6.70. The zero-order valence-corrected chi connectivity index (χ0v) is 14.6. The van der Waals surface area contributed by atoms with Crippen molar-refractivity contribution in [3.8, 4) is 0 Å². The van der Waals surface area contributed by atoms with Gasteiger partial charge < -0.3 is 4.43 Å². The molecule has 1 nitrogen and oxygen atoms in total. The van der Waals surface area contributed by atoms with E-state index in [-0.39, 0.29) is 6.10 Å². The fourth-order valence-electron chi connectivity index (χ4n) is 2.85. The molecule has 0 aliphatic heterocycles. The third-order valence-electron chi connectivity index (χ3n) is 4.05. The third kappa shape index (κ3) is 3.98. The first-order valence-electron chi connectivity index (χ1n) is 8.18. The van der Waals surface area contributed by atoms with Gasteiger partial charge in [-0.05, 0) is 22.4 Å². The van der Waals surface area contributed by atoms with Crippen molar-refractivity contribution in [2.45, 2.75) is 19.4 Å². The molecule has 0 spiro atoms. The minimum Gasteiger partial charge on any atom is -0.404 e. The van der Waals surface area contributed by atoms with Gasteiger partial charge in [-0.15, -0.1) is 0 Å². The maximum absolute atomic E-state index is 6.70. The van der Waals surface area contributed by atoms with Gasteiger partial charge in [0.1, 0.15) is 0 Å². The highest BCUT2D eigenvalue weighted by atomic mass is 28.3. The maximum Gasteiger partial charge on any atom is 0.240 e. The second-order valence-electron chi connectivity index (χ2n) is 5.65. The topological polar surface area (TPSA) is 9.23 Å². The van der Waals surface area contributed by atoms with Gasteiger partial charge in [-0.3, -0.25) is 0 Å². The molecular weight excluding hydrogens is 296 g/mol. The van der Waals surface area contributed by atoms with Crippen LogP contribution in [-0.4, -0.2) is 9.04 Å². The molecule has 0 saturated carbocycles. The molecule has 3 aromatic carbocycles. The van der Waals surface area contributed by atoms with Gasteiger partial charge in [-0.2, -0.15) is 0 Å². The number of hydrogen-bond donors (Lipinski definition) is 0. The minimum absolute atomic E-state index is 0.147. The molecule has 23 heavy (non-hydrogen) atoms. The van der Waals surface area contributed by atoms with Crippen LogP contribution in [0.3, 0.4) is 0 Å². The van der Waals surface area contributed by atoms with Crippen molar-refractivity contribution in [2.24, 2.45) is 0 Å². The van der Waals surface area contributed by atoms with E-state index in [1.54, 1.807) is 0 Å². The lowest BCUT2D eigenvalue weighted by Gasteiger charge is -2.24. The highest BCUT2D eigenvalue weighted by Crippen LogP contribution is 2.21. The SMILES string of the molecule is CCC(O[SiH](c1ccccc1)c1ccccc1)c1ccccc1.